The molecule has 0 bridgehead atoms. The van der Waals surface area contributed by atoms with E-state index in [2.05, 4.69) is 26.0 Å². The third kappa shape index (κ3) is 2.76. The molecular formula is C12H12BrFN4O. The number of imidazole rings is 1. The Bertz CT molecular complexity index is 639. The topological polar surface area (TPSA) is 65.4 Å². The van der Waals surface area contributed by atoms with Gasteiger partial charge in [-0.3, -0.25) is 0 Å². The zero-order chi connectivity index (χ0) is 14.0. The molecule has 2 rings (SSSR count). The first-order valence-electron chi connectivity index (χ1n) is 5.40. The summed E-state index contributed by atoms with van der Waals surface area (Å²) in [5.41, 5.74) is 6.66. The number of hydrogen-bond acceptors (Lipinski definition) is 4. The van der Waals surface area contributed by atoms with Crippen molar-refractivity contribution in [2.24, 2.45) is 5.10 Å². The van der Waals surface area contributed by atoms with Crippen molar-refractivity contribution in [2.45, 2.75) is 6.92 Å². The van der Waals surface area contributed by atoms with E-state index in [9.17, 15) is 4.39 Å². The van der Waals surface area contributed by atoms with Crippen molar-refractivity contribution in [3.8, 4) is 5.75 Å². The largest absolute Gasteiger partial charge is 0.494 e. The number of nitrogens with two attached hydrogens (primary N) is 1. The van der Waals surface area contributed by atoms with Crippen molar-refractivity contribution in [2.75, 3.05) is 12.8 Å². The molecule has 100 valence electrons. The Morgan fingerprint density at radius 1 is 1.53 bits per heavy atom. The van der Waals surface area contributed by atoms with Gasteiger partial charge in [0.1, 0.15) is 0 Å². The monoisotopic (exact) mass is 326 g/mol. The maximum atomic E-state index is 14.0. The molecule has 0 aliphatic heterocycles. The minimum Gasteiger partial charge on any atom is -0.494 e. The summed E-state index contributed by atoms with van der Waals surface area (Å²) in [6, 6.07) is 3.22. The van der Waals surface area contributed by atoms with E-state index in [1.807, 2.05) is 0 Å². The van der Waals surface area contributed by atoms with E-state index in [0.29, 0.717) is 4.47 Å². The molecule has 0 aliphatic carbocycles. The highest BCUT2D eigenvalue weighted by Gasteiger charge is 2.11. The lowest BCUT2D eigenvalue weighted by Gasteiger charge is -2.06. The molecule has 1 aromatic heterocycles. The number of nitrogen functional groups attached to an aromatic ring is 1. The van der Waals surface area contributed by atoms with Gasteiger partial charge in [0.15, 0.2) is 11.6 Å². The fourth-order valence-corrected chi connectivity index (χ4v) is 1.95. The number of halogens is 2. The molecular weight excluding hydrogens is 315 g/mol. The van der Waals surface area contributed by atoms with Gasteiger partial charge in [0.05, 0.1) is 25.2 Å². The van der Waals surface area contributed by atoms with Crippen LogP contribution in [0.5, 0.6) is 5.75 Å². The average molecular weight is 327 g/mol. The van der Waals surface area contributed by atoms with Gasteiger partial charge in [0.25, 0.3) is 0 Å². The van der Waals surface area contributed by atoms with Crippen LogP contribution in [0, 0.1) is 12.7 Å². The van der Waals surface area contributed by atoms with E-state index < -0.39 is 5.82 Å². The van der Waals surface area contributed by atoms with E-state index in [1.165, 1.54) is 24.1 Å². The van der Waals surface area contributed by atoms with Crippen molar-refractivity contribution < 1.29 is 9.13 Å². The van der Waals surface area contributed by atoms with Gasteiger partial charge >= 0.3 is 0 Å². The lowest BCUT2D eigenvalue weighted by Crippen LogP contribution is -1.99. The highest BCUT2D eigenvalue weighted by atomic mass is 79.9. The van der Waals surface area contributed by atoms with Crippen LogP contribution in [0.15, 0.2) is 27.9 Å². The molecule has 0 aliphatic rings. The minimum absolute atomic E-state index is 0.152. The Hall–Kier alpha value is -1.89. The Morgan fingerprint density at radius 2 is 2.26 bits per heavy atom. The SMILES string of the molecule is COc1ccc(Br)c(C=Nn2cc(C)nc2N)c1F. The summed E-state index contributed by atoms with van der Waals surface area (Å²) in [5.74, 6) is -0.0938. The van der Waals surface area contributed by atoms with Gasteiger partial charge in [-0.2, -0.15) is 5.10 Å². The second-order valence-corrected chi connectivity index (χ2v) is 4.66. The van der Waals surface area contributed by atoms with Crippen LogP contribution in [0.1, 0.15) is 11.3 Å². The molecule has 2 N–H and O–H groups in total. The Labute approximate surface area is 118 Å². The number of aromatic nitrogens is 2. The van der Waals surface area contributed by atoms with Crippen LogP contribution in [0.25, 0.3) is 0 Å². The third-order valence-electron chi connectivity index (χ3n) is 2.46. The summed E-state index contributed by atoms with van der Waals surface area (Å²) >= 11 is 3.26. The van der Waals surface area contributed by atoms with E-state index >= 15 is 0 Å². The molecule has 1 aromatic carbocycles. The fraction of sp³-hybridized carbons (Fsp3) is 0.167. The number of ether oxygens (including phenoxy) is 1. The van der Waals surface area contributed by atoms with Crippen molar-refractivity contribution >= 4 is 28.1 Å². The van der Waals surface area contributed by atoms with Crippen LogP contribution in [0.2, 0.25) is 0 Å². The van der Waals surface area contributed by atoms with Gasteiger partial charge in [0.2, 0.25) is 5.95 Å². The first-order chi connectivity index (χ1) is 9.02. The normalized spacial score (nSPS) is 11.2. The van der Waals surface area contributed by atoms with Gasteiger partial charge in [0, 0.05) is 10.0 Å². The predicted molar refractivity (Wildman–Crippen MR) is 75.0 cm³/mol. The molecule has 0 amide bonds. The number of anilines is 1. The molecule has 0 unspecified atom stereocenters. The van der Waals surface area contributed by atoms with Crippen molar-refractivity contribution in [3.63, 3.8) is 0 Å². The van der Waals surface area contributed by atoms with Crippen molar-refractivity contribution in [1.82, 2.24) is 9.66 Å². The Kier molecular flexibility index (Phi) is 3.84. The van der Waals surface area contributed by atoms with Crippen molar-refractivity contribution in [1.29, 1.82) is 0 Å². The van der Waals surface area contributed by atoms with Crippen molar-refractivity contribution in [3.05, 3.63) is 39.9 Å². The molecule has 0 atom stereocenters. The zero-order valence-electron chi connectivity index (χ0n) is 10.4. The molecule has 0 radical (unpaired) electrons. The van der Waals surface area contributed by atoms with Crippen LogP contribution in [0.3, 0.4) is 0 Å². The van der Waals surface area contributed by atoms with Crippen LogP contribution >= 0.6 is 15.9 Å². The standard InChI is InChI=1S/C12H12BrFN4O/c1-7-6-18(12(15)17-7)16-5-8-9(13)3-4-10(19-2)11(8)14/h3-6H,1-2H3,(H2,15,17). The molecule has 7 heteroatoms. The summed E-state index contributed by atoms with van der Waals surface area (Å²) in [6.45, 7) is 1.80. The number of methoxy groups -OCH3 is 1. The Morgan fingerprint density at radius 3 is 2.84 bits per heavy atom. The average Bonchev–Trinajstić information content (AvgIpc) is 2.68. The lowest BCUT2D eigenvalue weighted by atomic mass is 10.2. The number of hydrogen-bond donors (Lipinski definition) is 1. The van der Waals surface area contributed by atoms with Gasteiger partial charge < -0.3 is 10.5 Å². The van der Waals surface area contributed by atoms with E-state index in [1.54, 1.807) is 19.2 Å². The van der Waals surface area contributed by atoms with Crippen LogP contribution < -0.4 is 10.5 Å². The van der Waals surface area contributed by atoms with E-state index in [-0.39, 0.29) is 17.3 Å². The summed E-state index contributed by atoms with van der Waals surface area (Å²) in [7, 11) is 1.41. The van der Waals surface area contributed by atoms with Crippen LogP contribution in [0.4, 0.5) is 10.3 Å². The summed E-state index contributed by atoms with van der Waals surface area (Å²) in [5, 5.41) is 4.07. The number of aryl methyl sites for hydroxylation is 1. The summed E-state index contributed by atoms with van der Waals surface area (Å²) in [4.78, 5) is 4.00. The summed E-state index contributed by atoms with van der Waals surface area (Å²) < 4.78 is 20.9. The van der Waals surface area contributed by atoms with Gasteiger partial charge in [-0.05, 0) is 19.1 Å². The van der Waals surface area contributed by atoms with E-state index in [0.717, 1.165) is 5.69 Å². The minimum atomic E-state index is -0.490. The number of rotatable bonds is 3. The Balaban J connectivity index is 2.40. The first-order valence-corrected chi connectivity index (χ1v) is 6.20. The molecule has 0 saturated carbocycles. The molecule has 5 nitrogen and oxygen atoms in total. The maximum absolute atomic E-state index is 14.0. The molecule has 0 fully saturated rings. The smallest absolute Gasteiger partial charge is 0.221 e. The van der Waals surface area contributed by atoms with Gasteiger partial charge in [-0.25, -0.2) is 14.1 Å². The van der Waals surface area contributed by atoms with E-state index in [4.69, 9.17) is 10.5 Å². The molecule has 19 heavy (non-hydrogen) atoms. The molecule has 1 heterocycles. The van der Waals surface area contributed by atoms with Gasteiger partial charge in [-0.15, -0.1) is 0 Å². The third-order valence-corrected chi connectivity index (χ3v) is 3.15. The van der Waals surface area contributed by atoms with Crippen LogP contribution in [-0.2, 0) is 0 Å². The second kappa shape index (κ2) is 5.40. The number of benzene rings is 1. The zero-order valence-corrected chi connectivity index (χ0v) is 12.0. The van der Waals surface area contributed by atoms with Crippen LogP contribution in [-0.4, -0.2) is 23.0 Å². The fourth-order valence-electron chi connectivity index (χ4n) is 1.54. The second-order valence-electron chi connectivity index (χ2n) is 3.81. The maximum Gasteiger partial charge on any atom is 0.221 e. The highest BCUT2D eigenvalue weighted by Crippen LogP contribution is 2.26. The molecule has 0 spiro atoms. The highest BCUT2D eigenvalue weighted by molar-refractivity contribution is 9.10. The number of nitrogens with zero attached hydrogens (tertiary/aromatic N) is 3. The summed E-state index contributed by atoms with van der Waals surface area (Å²) in [6.07, 6.45) is 3.01. The molecule has 2 aromatic rings. The first kappa shape index (κ1) is 13.5. The predicted octanol–water partition coefficient (Wildman–Crippen LogP) is 2.57. The molecule has 0 saturated heterocycles. The lowest BCUT2D eigenvalue weighted by molar-refractivity contribution is 0.386. The quantitative estimate of drug-likeness (QED) is 0.881. The van der Waals surface area contributed by atoms with Gasteiger partial charge in [-0.1, -0.05) is 15.9 Å².